The van der Waals surface area contributed by atoms with E-state index in [0.29, 0.717) is 12.1 Å². The molecule has 1 N–H and O–H groups in total. The Morgan fingerprint density at radius 3 is 2.58 bits per heavy atom. The molecule has 1 aromatic carbocycles. The molecule has 1 aromatic rings. The highest BCUT2D eigenvalue weighted by Crippen LogP contribution is 2.18. The van der Waals surface area contributed by atoms with Crippen molar-refractivity contribution in [3.63, 3.8) is 0 Å². The number of hydrogen-bond acceptors (Lipinski definition) is 3. The lowest BCUT2D eigenvalue weighted by molar-refractivity contribution is -0.126. The van der Waals surface area contributed by atoms with E-state index in [1.165, 1.54) is 4.90 Å². The van der Waals surface area contributed by atoms with Crippen LogP contribution in [0.4, 0.5) is 0 Å². The summed E-state index contributed by atoms with van der Waals surface area (Å²) in [7, 11) is -1.90. The number of carbonyl (C=O) groups excluding carboxylic acids is 1. The Kier molecular flexibility index (Phi) is 3.64. The standard InChI is InChI=1S/C13H18N2O3S/c1-9-4-5-10(2)12(6-9)19(17,18)14-11-7-13(16)15(3)8-11/h4-6,11,14H,7-8H2,1-3H3. The van der Waals surface area contributed by atoms with Crippen LogP contribution in [-0.2, 0) is 14.8 Å². The summed E-state index contributed by atoms with van der Waals surface area (Å²) in [5.74, 6) is -0.0336. The monoisotopic (exact) mass is 282 g/mol. The quantitative estimate of drug-likeness (QED) is 0.892. The van der Waals surface area contributed by atoms with E-state index in [1.807, 2.05) is 13.0 Å². The number of rotatable bonds is 3. The van der Waals surface area contributed by atoms with E-state index in [2.05, 4.69) is 4.72 Å². The third-order valence-corrected chi connectivity index (χ3v) is 4.96. The zero-order chi connectivity index (χ0) is 14.2. The molecule has 104 valence electrons. The van der Waals surface area contributed by atoms with Gasteiger partial charge in [0.25, 0.3) is 0 Å². The van der Waals surface area contributed by atoms with Crippen LogP contribution in [0.1, 0.15) is 17.5 Å². The molecule has 0 bridgehead atoms. The minimum atomic E-state index is -3.57. The van der Waals surface area contributed by atoms with Gasteiger partial charge in [-0.05, 0) is 31.0 Å². The van der Waals surface area contributed by atoms with Crippen molar-refractivity contribution in [2.24, 2.45) is 0 Å². The van der Waals surface area contributed by atoms with Crippen LogP contribution in [0.5, 0.6) is 0 Å². The van der Waals surface area contributed by atoms with Gasteiger partial charge in [-0.1, -0.05) is 12.1 Å². The first-order valence-corrected chi connectivity index (χ1v) is 7.61. The number of amides is 1. The highest BCUT2D eigenvalue weighted by Gasteiger charge is 2.31. The molecule has 6 heteroatoms. The minimum Gasteiger partial charge on any atom is -0.344 e. The van der Waals surface area contributed by atoms with Crippen LogP contribution >= 0.6 is 0 Å². The molecule has 1 atom stereocenters. The topological polar surface area (TPSA) is 66.5 Å². The lowest BCUT2D eigenvalue weighted by Gasteiger charge is -2.14. The van der Waals surface area contributed by atoms with E-state index in [4.69, 9.17) is 0 Å². The Morgan fingerprint density at radius 1 is 1.32 bits per heavy atom. The molecule has 1 aliphatic rings. The van der Waals surface area contributed by atoms with E-state index in [0.717, 1.165) is 5.56 Å². The lowest BCUT2D eigenvalue weighted by atomic mass is 10.2. The fourth-order valence-corrected chi connectivity index (χ4v) is 3.78. The number of nitrogens with zero attached hydrogens (tertiary/aromatic N) is 1. The molecule has 19 heavy (non-hydrogen) atoms. The Labute approximate surface area is 113 Å². The van der Waals surface area contributed by atoms with E-state index >= 15 is 0 Å². The molecule has 1 amide bonds. The molecule has 1 unspecified atom stereocenters. The van der Waals surface area contributed by atoms with Crippen molar-refractivity contribution in [2.75, 3.05) is 13.6 Å². The second kappa shape index (κ2) is 4.94. The van der Waals surface area contributed by atoms with Gasteiger partial charge in [-0.25, -0.2) is 13.1 Å². The first-order valence-electron chi connectivity index (χ1n) is 6.13. The fourth-order valence-electron chi connectivity index (χ4n) is 2.22. The van der Waals surface area contributed by atoms with Crippen LogP contribution in [0, 0.1) is 13.8 Å². The van der Waals surface area contributed by atoms with Gasteiger partial charge in [-0.15, -0.1) is 0 Å². The van der Waals surface area contributed by atoms with Crippen LogP contribution in [0.3, 0.4) is 0 Å². The van der Waals surface area contributed by atoms with Crippen molar-refractivity contribution in [2.45, 2.75) is 31.2 Å². The second-order valence-electron chi connectivity index (χ2n) is 5.07. The van der Waals surface area contributed by atoms with Gasteiger partial charge in [0.2, 0.25) is 15.9 Å². The van der Waals surface area contributed by atoms with Crippen molar-refractivity contribution in [3.8, 4) is 0 Å². The molecule has 1 fully saturated rings. The summed E-state index contributed by atoms with van der Waals surface area (Å²) in [6, 6.07) is 4.97. The molecule has 1 heterocycles. The van der Waals surface area contributed by atoms with Gasteiger partial charge >= 0.3 is 0 Å². The SMILES string of the molecule is Cc1ccc(C)c(S(=O)(=O)NC2CC(=O)N(C)C2)c1. The van der Waals surface area contributed by atoms with E-state index in [9.17, 15) is 13.2 Å². The molecule has 0 spiro atoms. The van der Waals surface area contributed by atoms with Crippen LogP contribution in [0.2, 0.25) is 0 Å². The summed E-state index contributed by atoms with van der Waals surface area (Å²) in [5.41, 5.74) is 1.60. The first-order chi connectivity index (χ1) is 8.79. The highest BCUT2D eigenvalue weighted by molar-refractivity contribution is 7.89. The average Bonchev–Trinajstić information content (AvgIpc) is 2.60. The summed E-state index contributed by atoms with van der Waals surface area (Å²) >= 11 is 0. The van der Waals surface area contributed by atoms with Gasteiger partial charge in [-0.2, -0.15) is 0 Å². The van der Waals surface area contributed by atoms with Gasteiger partial charge in [0.1, 0.15) is 0 Å². The van der Waals surface area contributed by atoms with Crippen molar-refractivity contribution < 1.29 is 13.2 Å². The van der Waals surface area contributed by atoms with Crippen molar-refractivity contribution in [1.82, 2.24) is 9.62 Å². The second-order valence-corrected chi connectivity index (χ2v) is 6.75. The van der Waals surface area contributed by atoms with E-state index < -0.39 is 10.0 Å². The minimum absolute atomic E-state index is 0.0336. The van der Waals surface area contributed by atoms with Gasteiger partial charge < -0.3 is 4.90 Å². The first kappa shape index (κ1) is 14.0. The normalized spacial score (nSPS) is 20.1. The molecule has 0 aromatic heterocycles. The summed E-state index contributed by atoms with van der Waals surface area (Å²) in [6.45, 7) is 4.04. The number of carbonyl (C=O) groups is 1. The van der Waals surface area contributed by atoms with Gasteiger partial charge in [-0.3, -0.25) is 4.79 Å². The predicted molar refractivity (Wildman–Crippen MR) is 72.3 cm³/mol. The van der Waals surface area contributed by atoms with Gasteiger partial charge in [0.05, 0.1) is 4.90 Å². The summed E-state index contributed by atoms with van der Waals surface area (Å²) < 4.78 is 27.3. The smallest absolute Gasteiger partial charge is 0.241 e. The molecule has 1 saturated heterocycles. The van der Waals surface area contributed by atoms with Crippen LogP contribution in [0.25, 0.3) is 0 Å². The van der Waals surface area contributed by atoms with E-state index in [1.54, 1.807) is 26.1 Å². The van der Waals surface area contributed by atoms with Gasteiger partial charge in [0, 0.05) is 26.1 Å². The van der Waals surface area contributed by atoms with Crippen molar-refractivity contribution in [3.05, 3.63) is 29.3 Å². The molecule has 0 radical (unpaired) electrons. The van der Waals surface area contributed by atoms with Gasteiger partial charge in [0.15, 0.2) is 0 Å². The van der Waals surface area contributed by atoms with Crippen molar-refractivity contribution in [1.29, 1.82) is 0 Å². The summed E-state index contributed by atoms with van der Waals surface area (Å²) in [4.78, 5) is 13.2. The number of likely N-dealkylation sites (tertiary alicyclic amines) is 1. The largest absolute Gasteiger partial charge is 0.344 e. The Morgan fingerprint density at radius 2 is 2.00 bits per heavy atom. The predicted octanol–water partition coefficient (Wildman–Crippen LogP) is 0.812. The number of hydrogen-bond donors (Lipinski definition) is 1. The Bertz CT molecular complexity index is 610. The zero-order valence-electron chi connectivity index (χ0n) is 11.3. The maximum atomic E-state index is 12.3. The number of likely N-dealkylation sites (N-methyl/N-ethyl adjacent to an activating group) is 1. The molecule has 1 aliphatic heterocycles. The molecule has 5 nitrogen and oxygen atoms in total. The molecule has 2 rings (SSSR count). The molecular weight excluding hydrogens is 264 g/mol. The fraction of sp³-hybridized carbons (Fsp3) is 0.462. The van der Waals surface area contributed by atoms with Crippen molar-refractivity contribution >= 4 is 15.9 Å². The Hall–Kier alpha value is -1.40. The van der Waals surface area contributed by atoms with Crippen LogP contribution in [-0.4, -0.2) is 38.9 Å². The highest BCUT2D eigenvalue weighted by atomic mass is 32.2. The number of benzene rings is 1. The third-order valence-electron chi connectivity index (χ3n) is 3.30. The maximum Gasteiger partial charge on any atom is 0.241 e. The molecule has 0 saturated carbocycles. The zero-order valence-corrected chi connectivity index (χ0v) is 12.1. The van der Waals surface area contributed by atoms with Crippen LogP contribution < -0.4 is 4.72 Å². The molecule has 0 aliphatic carbocycles. The number of nitrogens with one attached hydrogen (secondary N) is 1. The summed E-state index contributed by atoms with van der Waals surface area (Å²) in [5, 5.41) is 0. The Balaban J connectivity index is 2.24. The third kappa shape index (κ3) is 2.96. The van der Waals surface area contributed by atoms with E-state index in [-0.39, 0.29) is 23.3 Å². The number of aryl methyl sites for hydroxylation is 2. The van der Waals surface area contributed by atoms with Crippen LogP contribution in [0.15, 0.2) is 23.1 Å². The molecular formula is C13H18N2O3S. The summed E-state index contributed by atoms with van der Waals surface area (Å²) in [6.07, 6.45) is 0.223. The lowest BCUT2D eigenvalue weighted by Crippen LogP contribution is -2.36. The maximum absolute atomic E-state index is 12.3. The number of sulfonamides is 1. The average molecular weight is 282 g/mol.